The van der Waals surface area contributed by atoms with Gasteiger partial charge in [0.05, 0.1) is 11.8 Å². The quantitative estimate of drug-likeness (QED) is 0.888. The van der Waals surface area contributed by atoms with E-state index in [1.165, 1.54) is 6.20 Å². The summed E-state index contributed by atoms with van der Waals surface area (Å²) in [6.45, 7) is 2.11. The highest BCUT2D eigenvalue weighted by molar-refractivity contribution is 7.91. The molecule has 0 aliphatic heterocycles. The van der Waals surface area contributed by atoms with Gasteiger partial charge in [-0.05, 0) is 18.8 Å². The largest absolute Gasteiger partial charge is 0.389 e. The first-order valence-electron chi connectivity index (χ1n) is 6.14. The highest BCUT2D eigenvalue weighted by Crippen LogP contribution is 2.32. The molecule has 0 spiro atoms. The second-order valence-electron chi connectivity index (χ2n) is 5.18. The van der Waals surface area contributed by atoms with Gasteiger partial charge in [0.2, 0.25) is 0 Å². The minimum absolute atomic E-state index is 0.0369. The number of aliphatic hydroxyl groups is 1. The molecule has 19 heavy (non-hydrogen) atoms. The summed E-state index contributed by atoms with van der Waals surface area (Å²) in [6.07, 6.45) is 4.48. The number of nitrogens with one attached hydrogen (secondary N) is 1. The molecule has 2 N–H and O–H groups in total. The zero-order valence-corrected chi connectivity index (χ0v) is 13.0. The molecule has 2 atom stereocenters. The molecule has 5 nitrogen and oxygen atoms in total. The van der Waals surface area contributed by atoms with Gasteiger partial charge in [-0.3, -0.25) is 0 Å². The van der Waals surface area contributed by atoms with Crippen LogP contribution in [-0.4, -0.2) is 30.7 Å². The Balaban J connectivity index is 2.01. The predicted octanol–water partition coefficient (Wildman–Crippen LogP) is 2.02. The second kappa shape index (κ2) is 5.65. The fourth-order valence-corrected chi connectivity index (χ4v) is 4.91. The smallest absolute Gasteiger partial charge is 0.251 e. The molecule has 1 fully saturated rings. The van der Waals surface area contributed by atoms with Gasteiger partial charge in [-0.1, -0.05) is 42.7 Å². The van der Waals surface area contributed by atoms with Crippen LogP contribution in [0.25, 0.3) is 0 Å². The Labute approximate surface area is 122 Å². The van der Waals surface area contributed by atoms with Crippen molar-refractivity contribution >= 4 is 33.0 Å². The molecular formula is C11H17ClN2O3S2. The maximum Gasteiger partial charge on any atom is 0.251 e. The first-order chi connectivity index (χ1) is 8.81. The van der Waals surface area contributed by atoms with E-state index >= 15 is 0 Å². The monoisotopic (exact) mass is 324 g/mol. The van der Waals surface area contributed by atoms with Crippen LogP contribution in [0.5, 0.6) is 0 Å². The van der Waals surface area contributed by atoms with Crippen molar-refractivity contribution in [3.63, 3.8) is 0 Å². The van der Waals surface area contributed by atoms with Crippen molar-refractivity contribution in [1.82, 2.24) is 9.71 Å². The van der Waals surface area contributed by atoms with Crippen molar-refractivity contribution in [1.29, 1.82) is 0 Å². The van der Waals surface area contributed by atoms with Gasteiger partial charge in [-0.2, -0.15) is 0 Å². The highest BCUT2D eigenvalue weighted by atomic mass is 35.5. The molecule has 0 radical (unpaired) electrons. The fraction of sp³-hybridized carbons (Fsp3) is 0.727. The second-order valence-corrected chi connectivity index (χ2v) is 8.79. The van der Waals surface area contributed by atoms with Gasteiger partial charge < -0.3 is 5.11 Å². The molecule has 1 aliphatic rings. The van der Waals surface area contributed by atoms with Crippen molar-refractivity contribution in [2.45, 2.75) is 42.4 Å². The van der Waals surface area contributed by atoms with Crippen LogP contribution in [0.3, 0.4) is 0 Å². The summed E-state index contributed by atoms with van der Waals surface area (Å²) in [7, 11) is -3.63. The molecule has 108 valence electrons. The maximum atomic E-state index is 12.0. The standard InChI is InChI=1S/C11H17ClN2O3S2/c1-8-3-2-4-11(15,5-8)7-14-19(16,17)9-6-13-10(12)18-9/h6,8,14-15H,2-5,7H2,1H3. The van der Waals surface area contributed by atoms with Crippen molar-refractivity contribution < 1.29 is 13.5 Å². The van der Waals surface area contributed by atoms with E-state index in [1.54, 1.807) is 0 Å². The SMILES string of the molecule is CC1CCCC(O)(CNS(=O)(=O)c2cnc(Cl)s2)C1. The first-order valence-corrected chi connectivity index (χ1v) is 8.82. The molecule has 1 saturated carbocycles. The van der Waals surface area contributed by atoms with E-state index in [4.69, 9.17) is 11.6 Å². The van der Waals surface area contributed by atoms with Crippen LogP contribution in [0.2, 0.25) is 4.47 Å². The van der Waals surface area contributed by atoms with Gasteiger partial charge >= 0.3 is 0 Å². The average molecular weight is 325 g/mol. The lowest BCUT2D eigenvalue weighted by molar-refractivity contribution is -0.00750. The Hall–Kier alpha value is -0.210. The van der Waals surface area contributed by atoms with E-state index in [-0.39, 0.29) is 15.2 Å². The van der Waals surface area contributed by atoms with Crippen LogP contribution < -0.4 is 4.72 Å². The summed E-state index contributed by atoms with van der Waals surface area (Å²) in [4.78, 5) is 3.71. The van der Waals surface area contributed by atoms with Gasteiger partial charge in [-0.15, -0.1) is 0 Å². The van der Waals surface area contributed by atoms with E-state index in [9.17, 15) is 13.5 Å². The average Bonchev–Trinajstić information content (AvgIpc) is 2.74. The summed E-state index contributed by atoms with van der Waals surface area (Å²) in [5.41, 5.74) is -0.945. The number of halogens is 1. The normalized spacial score (nSPS) is 28.5. The number of hydrogen-bond acceptors (Lipinski definition) is 5. The predicted molar refractivity (Wildman–Crippen MR) is 74.9 cm³/mol. The van der Waals surface area contributed by atoms with E-state index < -0.39 is 15.6 Å². The third-order valence-electron chi connectivity index (χ3n) is 3.38. The summed E-state index contributed by atoms with van der Waals surface area (Å²) >= 11 is 6.53. The Morgan fingerprint density at radius 3 is 3.00 bits per heavy atom. The fourth-order valence-electron chi connectivity index (χ4n) is 2.46. The summed E-state index contributed by atoms with van der Waals surface area (Å²) in [5, 5.41) is 10.4. The third kappa shape index (κ3) is 3.88. The summed E-state index contributed by atoms with van der Waals surface area (Å²) < 4.78 is 26.7. The molecule has 1 aromatic heterocycles. The Bertz CT molecular complexity index is 546. The van der Waals surface area contributed by atoms with Crippen LogP contribution in [0.4, 0.5) is 0 Å². The molecule has 2 rings (SSSR count). The molecule has 0 bridgehead atoms. The molecule has 1 aliphatic carbocycles. The van der Waals surface area contributed by atoms with E-state index in [2.05, 4.69) is 16.6 Å². The minimum atomic E-state index is -3.63. The topological polar surface area (TPSA) is 79.3 Å². The van der Waals surface area contributed by atoms with Gasteiger partial charge in [0, 0.05) is 6.54 Å². The van der Waals surface area contributed by atoms with Crippen molar-refractivity contribution in [2.75, 3.05) is 6.54 Å². The Kier molecular flexibility index (Phi) is 4.52. The van der Waals surface area contributed by atoms with Crippen LogP contribution in [-0.2, 0) is 10.0 Å². The van der Waals surface area contributed by atoms with Crippen LogP contribution in [0.1, 0.15) is 32.6 Å². The van der Waals surface area contributed by atoms with Gasteiger partial charge in [0.15, 0.2) is 8.68 Å². The zero-order chi connectivity index (χ0) is 14.1. The van der Waals surface area contributed by atoms with Crippen molar-refractivity contribution in [3.05, 3.63) is 10.7 Å². The van der Waals surface area contributed by atoms with Gasteiger partial charge in [-0.25, -0.2) is 18.1 Å². The first kappa shape index (κ1) is 15.2. The molecular weight excluding hydrogens is 308 g/mol. The lowest BCUT2D eigenvalue weighted by Gasteiger charge is -2.35. The molecule has 1 aromatic rings. The molecule has 0 amide bonds. The number of thiazole rings is 1. The molecule has 1 heterocycles. The summed E-state index contributed by atoms with van der Waals surface area (Å²) in [6, 6.07) is 0. The number of hydrogen-bond donors (Lipinski definition) is 2. The van der Waals surface area contributed by atoms with Crippen LogP contribution in [0.15, 0.2) is 10.4 Å². The van der Waals surface area contributed by atoms with Crippen LogP contribution in [0, 0.1) is 5.92 Å². The molecule has 8 heteroatoms. The Morgan fingerprint density at radius 2 is 2.42 bits per heavy atom. The van der Waals surface area contributed by atoms with Gasteiger partial charge in [0.25, 0.3) is 10.0 Å². The van der Waals surface area contributed by atoms with Crippen LogP contribution >= 0.6 is 22.9 Å². The van der Waals surface area contributed by atoms with E-state index in [1.807, 2.05) is 0 Å². The zero-order valence-electron chi connectivity index (χ0n) is 10.6. The Morgan fingerprint density at radius 1 is 1.68 bits per heavy atom. The summed E-state index contributed by atoms with van der Waals surface area (Å²) in [5.74, 6) is 0.418. The number of nitrogens with zero attached hydrogens (tertiary/aromatic N) is 1. The lowest BCUT2D eigenvalue weighted by atomic mass is 9.79. The molecule has 2 unspecified atom stereocenters. The lowest BCUT2D eigenvalue weighted by Crippen LogP contribution is -2.45. The number of sulfonamides is 1. The molecule has 0 aromatic carbocycles. The molecule has 0 saturated heterocycles. The maximum absolute atomic E-state index is 12.0. The number of aromatic nitrogens is 1. The number of rotatable bonds is 4. The van der Waals surface area contributed by atoms with E-state index in [0.717, 1.165) is 24.2 Å². The van der Waals surface area contributed by atoms with Crippen molar-refractivity contribution in [3.8, 4) is 0 Å². The van der Waals surface area contributed by atoms with E-state index in [0.29, 0.717) is 18.8 Å². The minimum Gasteiger partial charge on any atom is -0.389 e. The van der Waals surface area contributed by atoms with Crippen molar-refractivity contribution in [2.24, 2.45) is 5.92 Å². The van der Waals surface area contributed by atoms with Gasteiger partial charge in [0.1, 0.15) is 0 Å². The third-order valence-corrected chi connectivity index (χ3v) is 6.36. The highest BCUT2D eigenvalue weighted by Gasteiger charge is 2.34.